The second-order valence-electron chi connectivity index (χ2n) is 5.93. The van der Waals surface area contributed by atoms with Crippen molar-refractivity contribution in [2.75, 3.05) is 13.1 Å². The molecule has 0 saturated heterocycles. The Morgan fingerprint density at radius 2 is 2.00 bits per heavy atom. The molecule has 3 N–H and O–H groups in total. The van der Waals surface area contributed by atoms with E-state index in [9.17, 15) is 9.90 Å². The highest BCUT2D eigenvalue weighted by Gasteiger charge is 2.28. The molecule has 106 valence electrons. The van der Waals surface area contributed by atoms with E-state index in [1.165, 1.54) is 25.7 Å². The minimum atomic E-state index is -0.616. The van der Waals surface area contributed by atoms with E-state index in [4.69, 9.17) is 0 Å². The Labute approximate surface area is 111 Å². The van der Waals surface area contributed by atoms with E-state index in [1.54, 1.807) is 0 Å². The van der Waals surface area contributed by atoms with Gasteiger partial charge in [0.15, 0.2) is 0 Å². The zero-order chi connectivity index (χ0) is 13.6. The number of hydrogen-bond acceptors (Lipinski definition) is 3. The maximum absolute atomic E-state index is 12.1. The summed E-state index contributed by atoms with van der Waals surface area (Å²) in [5.74, 6) is 0.684. The first-order chi connectivity index (χ1) is 8.45. The number of nitrogens with one attached hydrogen (secondary N) is 2. The molecule has 1 aliphatic rings. The minimum Gasteiger partial charge on any atom is -0.392 e. The topological polar surface area (TPSA) is 61.4 Å². The average molecular weight is 256 g/mol. The fraction of sp³-hybridized carbons (Fsp3) is 0.929. The normalized spacial score (nSPS) is 18.9. The lowest BCUT2D eigenvalue weighted by molar-refractivity contribution is -0.126. The van der Waals surface area contributed by atoms with Gasteiger partial charge in [-0.2, -0.15) is 0 Å². The molecule has 0 spiro atoms. The van der Waals surface area contributed by atoms with Crippen LogP contribution in [0.3, 0.4) is 0 Å². The van der Waals surface area contributed by atoms with E-state index in [1.807, 2.05) is 20.8 Å². The fourth-order valence-corrected chi connectivity index (χ4v) is 2.27. The van der Waals surface area contributed by atoms with Crippen molar-refractivity contribution in [2.45, 2.75) is 64.5 Å². The van der Waals surface area contributed by atoms with Crippen LogP contribution in [0.25, 0.3) is 0 Å². The van der Waals surface area contributed by atoms with Crippen molar-refractivity contribution in [3.05, 3.63) is 0 Å². The molecule has 18 heavy (non-hydrogen) atoms. The van der Waals surface area contributed by atoms with Gasteiger partial charge in [0.1, 0.15) is 0 Å². The highest BCUT2D eigenvalue weighted by atomic mass is 16.3. The summed E-state index contributed by atoms with van der Waals surface area (Å²) >= 11 is 0. The van der Waals surface area contributed by atoms with Crippen molar-refractivity contribution in [3.63, 3.8) is 0 Å². The van der Waals surface area contributed by atoms with Crippen molar-refractivity contribution < 1.29 is 9.90 Å². The molecule has 0 aromatic carbocycles. The van der Waals surface area contributed by atoms with Crippen molar-refractivity contribution in [1.82, 2.24) is 10.6 Å². The summed E-state index contributed by atoms with van der Waals surface area (Å²) in [4.78, 5) is 12.1. The number of amides is 1. The summed E-state index contributed by atoms with van der Waals surface area (Å²) in [5.41, 5.74) is -0.616. The van der Waals surface area contributed by atoms with Crippen molar-refractivity contribution in [1.29, 1.82) is 0 Å². The molecule has 4 heteroatoms. The molecule has 4 nitrogen and oxygen atoms in total. The molecule has 0 unspecified atom stereocenters. The van der Waals surface area contributed by atoms with Gasteiger partial charge in [0.05, 0.1) is 11.6 Å². The second-order valence-corrected chi connectivity index (χ2v) is 5.93. The van der Waals surface area contributed by atoms with Gasteiger partial charge < -0.3 is 15.7 Å². The van der Waals surface area contributed by atoms with E-state index >= 15 is 0 Å². The first-order valence-corrected chi connectivity index (χ1v) is 7.17. The van der Waals surface area contributed by atoms with Crippen LogP contribution in [-0.4, -0.2) is 35.7 Å². The van der Waals surface area contributed by atoms with E-state index in [2.05, 4.69) is 10.6 Å². The predicted octanol–water partition coefficient (Wildman–Crippen LogP) is 1.43. The number of rotatable bonds is 7. The van der Waals surface area contributed by atoms with Crippen LogP contribution < -0.4 is 10.6 Å². The molecule has 1 amide bonds. The Hall–Kier alpha value is -0.610. The first-order valence-electron chi connectivity index (χ1n) is 7.17. The first kappa shape index (κ1) is 15.4. The zero-order valence-corrected chi connectivity index (χ0v) is 12.0. The molecule has 0 aromatic heterocycles. The Morgan fingerprint density at radius 1 is 1.39 bits per heavy atom. The second kappa shape index (κ2) is 7.10. The van der Waals surface area contributed by atoms with Gasteiger partial charge >= 0.3 is 0 Å². The third-order valence-corrected chi connectivity index (χ3v) is 3.84. The highest BCUT2D eigenvalue weighted by molar-refractivity contribution is 5.85. The van der Waals surface area contributed by atoms with Gasteiger partial charge in [0, 0.05) is 13.1 Å². The standard InChI is InChI=1S/C14H28N2O2/c1-4-12(17)10-16-14(2,3)13(18)15-9-11-7-5-6-8-11/h11-12,16-17H,4-10H2,1-3H3,(H,15,18)/t12-/m1/s1. The molecule has 1 rings (SSSR count). The molecule has 1 atom stereocenters. The number of aliphatic hydroxyl groups is 1. The number of hydrogen-bond donors (Lipinski definition) is 3. The van der Waals surface area contributed by atoms with E-state index in [0.29, 0.717) is 18.9 Å². The van der Waals surface area contributed by atoms with Crippen LogP contribution >= 0.6 is 0 Å². The van der Waals surface area contributed by atoms with Gasteiger partial charge in [-0.3, -0.25) is 4.79 Å². The fourth-order valence-electron chi connectivity index (χ4n) is 2.27. The van der Waals surface area contributed by atoms with Gasteiger partial charge in [-0.15, -0.1) is 0 Å². The molecule has 0 aliphatic heterocycles. The van der Waals surface area contributed by atoms with Crippen LogP contribution in [0, 0.1) is 5.92 Å². The van der Waals surface area contributed by atoms with E-state index in [0.717, 1.165) is 6.54 Å². The van der Waals surface area contributed by atoms with Crippen molar-refractivity contribution in [3.8, 4) is 0 Å². The molecule has 0 aromatic rings. The van der Waals surface area contributed by atoms with Crippen LogP contribution in [0.5, 0.6) is 0 Å². The van der Waals surface area contributed by atoms with Crippen molar-refractivity contribution in [2.24, 2.45) is 5.92 Å². The molecular weight excluding hydrogens is 228 g/mol. The lowest BCUT2D eigenvalue weighted by Gasteiger charge is -2.27. The summed E-state index contributed by atoms with van der Waals surface area (Å²) in [7, 11) is 0. The van der Waals surface area contributed by atoms with Gasteiger partial charge in [0.2, 0.25) is 5.91 Å². The smallest absolute Gasteiger partial charge is 0.239 e. The quantitative estimate of drug-likeness (QED) is 0.646. The van der Waals surface area contributed by atoms with Gasteiger partial charge in [0.25, 0.3) is 0 Å². The molecular formula is C14H28N2O2. The van der Waals surface area contributed by atoms with Crippen LogP contribution in [0.15, 0.2) is 0 Å². The highest BCUT2D eigenvalue weighted by Crippen LogP contribution is 2.23. The SMILES string of the molecule is CC[C@@H](O)CNC(C)(C)C(=O)NCC1CCCC1. The summed E-state index contributed by atoms with van der Waals surface area (Å²) in [6, 6.07) is 0. The monoisotopic (exact) mass is 256 g/mol. The van der Waals surface area contributed by atoms with Crippen LogP contribution in [0.1, 0.15) is 52.9 Å². The largest absolute Gasteiger partial charge is 0.392 e. The maximum atomic E-state index is 12.1. The zero-order valence-electron chi connectivity index (χ0n) is 12.0. The van der Waals surface area contributed by atoms with Gasteiger partial charge in [-0.1, -0.05) is 19.8 Å². The summed E-state index contributed by atoms with van der Waals surface area (Å²) in [6.45, 7) is 6.90. The number of β-amino-alcohol motifs (C(OH)–C–C–N with tert-alkyl or cyclic N) is 1. The summed E-state index contributed by atoms with van der Waals surface area (Å²) in [5, 5.41) is 15.7. The lowest BCUT2D eigenvalue weighted by atomic mass is 10.0. The summed E-state index contributed by atoms with van der Waals surface area (Å²) in [6.07, 6.45) is 5.39. The van der Waals surface area contributed by atoms with E-state index in [-0.39, 0.29) is 12.0 Å². The Bertz CT molecular complexity index is 261. The molecule has 0 radical (unpaired) electrons. The number of aliphatic hydroxyl groups excluding tert-OH is 1. The minimum absolute atomic E-state index is 0.0257. The van der Waals surface area contributed by atoms with Crippen LogP contribution in [0.2, 0.25) is 0 Å². The molecule has 1 fully saturated rings. The predicted molar refractivity (Wildman–Crippen MR) is 73.3 cm³/mol. The van der Waals surface area contributed by atoms with Gasteiger partial charge in [-0.25, -0.2) is 0 Å². The average Bonchev–Trinajstić information content (AvgIpc) is 2.86. The molecule has 0 bridgehead atoms. The van der Waals surface area contributed by atoms with E-state index < -0.39 is 5.54 Å². The number of carbonyl (C=O) groups excluding carboxylic acids is 1. The molecule has 0 heterocycles. The lowest BCUT2D eigenvalue weighted by Crippen LogP contribution is -2.54. The molecule has 1 saturated carbocycles. The Morgan fingerprint density at radius 3 is 2.56 bits per heavy atom. The summed E-state index contributed by atoms with van der Waals surface area (Å²) < 4.78 is 0. The molecule has 1 aliphatic carbocycles. The third-order valence-electron chi connectivity index (χ3n) is 3.84. The van der Waals surface area contributed by atoms with Gasteiger partial charge in [-0.05, 0) is 39.0 Å². The van der Waals surface area contributed by atoms with Crippen LogP contribution in [0.4, 0.5) is 0 Å². The van der Waals surface area contributed by atoms with Crippen LogP contribution in [-0.2, 0) is 4.79 Å². The Kier molecular flexibility index (Phi) is 6.09. The maximum Gasteiger partial charge on any atom is 0.239 e. The number of carbonyl (C=O) groups is 1. The Balaban J connectivity index is 2.28. The third kappa shape index (κ3) is 4.94. The van der Waals surface area contributed by atoms with Crippen molar-refractivity contribution >= 4 is 5.91 Å².